The van der Waals surface area contributed by atoms with Gasteiger partial charge in [-0.05, 0) is 30.3 Å². The fourth-order valence-corrected chi connectivity index (χ4v) is 1.61. The van der Waals surface area contributed by atoms with Crippen LogP contribution in [0.25, 0.3) is 0 Å². The van der Waals surface area contributed by atoms with Gasteiger partial charge < -0.3 is 10.6 Å². The third-order valence-corrected chi connectivity index (χ3v) is 2.57. The van der Waals surface area contributed by atoms with Gasteiger partial charge in [-0.3, -0.25) is 0 Å². The van der Waals surface area contributed by atoms with Crippen LogP contribution in [0.15, 0.2) is 85.1 Å². The Kier molecular flexibility index (Phi) is 7.70. The van der Waals surface area contributed by atoms with E-state index in [1.807, 2.05) is 66.9 Å². The number of allylic oxidation sites excluding steroid dienone is 2. The molecule has 0 amide bonds. The summed E-state index contributed by atoms with van der Waals surface area (Å²) in [5.74, 6) is 0. The molecular formula is C17H19ClN2. The number of rotatable bonds is 6. The van der Waals surface area contributed by atoms with E-state index in [1.165, 1.54) is 0 Å². The normalized spacial score (nSPS) is 10.4. The monoisotopic (exact) mass is 286 g/mol. The summed E-state index contributed by atoms with van der Waals surface area (Å²) in [6, 6.07) is 20.3. The molecule has 0 saturated carbocycles. The predicted molar refractivity (Wildman–Crippen MR) is 90.5 cm³/mol. The molecule has 2 aromatic rings. The third kappa shape index (κ3) is 6.12. The summed E-state index contributed by atoms with van der Waals surface area (Å²) < 4.78 is 0. The minimum absolute atomic E-state index is 0. The molecule has 0 saturated heterocycles. The van der Waals surface area contributed by atoms with Crippen molar-refractivity contribution in [2.75, 3.05) is 17.2 Å². The van der Waals surface area contributed by atoms with E-state index in [-0.39, 0.29) is 12.4 Å². The maximum atomic E-state index is 3.31. The van der Waals surface area contributed by atoms with E-state index in [1.54, 1.807) is 0 Å². The first-order valence-corrected chi connectivity index (χ1v) is 6.37. The molecule has 0 bridgehead atoms. The van der Waals surface area contributed by atoms with Crippen LogP contribution in [0.4, 0.5) is 11.4 Å². The minimum atomic E-state index is 0. The lowest BCUT2D eigenvalue weighted by atomic mass is 10.3. The second-order valence-corrected chi connectivity index (χ2v) is 4.04. The second-order valence-electron chi connectivity index (χ2n) is 4.04. The summed E-state index contributed by atoms with van der Waals surface area (Å²) in [4.78, 5) is 0. The minimum Gasteiger partial charge on any atom is -0.382 e. The van der Waals surface area contributed by atoms with Gasteiger partial charge in [-0.25, -0.2) is 0 Å². The average molecular weight is 287 g/mol. The molecule has 0 aliphatic rings. The highest BCUT2D eigenvalue weighted by Gasteiger charge is 1.84. The van der Waals surface area contributed by atoms with Crippen molar-refractivity contribution >= 4 is 23.8 Å². The van der Waals surface area contributed by atoms with Gasteiger partial charge in [-0.15, -0.1) is 12.4 Å². The van der Waals surface area contributed by atoms with Gasteiger partial charge in [0.1, 0.15) is 0 Å². The number of hydrogen-bond acceptors (Lipinski definition) is 2. The molecule has 2 N–H and O–H groups in total. The van der Waals surface area contributed by atoms with E-state index in [4.69, 9.17) is 0 Å². The Morgan fingerprint density at radius 2 is 1.35 bits per heavy atom. The van der Waals surface area contributed by atoms with E-state index >= 15 is 0 Å². The van der Waals surface area contributed by atoms with Crippen LogP contribution >= 0.6 is 12.4 Å². The maximum absolute atomic E-state index is 3.31. The van der Waals surface area contributed by atoms with Gasteiger partial charge in [-0.2, -0.15) is 0 Å². The van der Waals surface area contributed by atoms with E-state index < -0.39 is 0 Å². The van der Waals surface area contributed by atoms with Gasteiger partial charge in [0.25, 0.3) is 0 Å². The Bertz CT molecular complexity index is 521. The SMILES string of the molecule is C(C=CNc1ccccc1)=CCNc1ccccc1.Cl. The Hall–Kier alpha value is -2.19. The number of nitrogens with one attached hydrogen (secondary N) is 2. The molecule has 0 atom stereocenters. The van der Waals surface area contributed by atoms with Crippen LogP contribution in [0.3, 0.4) is 0 Å². The van der Waals surface area contributed by atoms with E-state index in [0.717, 1.165) is 17.9 Å². The molecule has 20 heavy (non-hydrogen) atoms. The molecule has 0 aliphatic carbocycles. The van der Waals surface area contributed by atoms with Crippen LogP contribution < -0.4 is 10.6 Å². The summed E-state index contributed by atoms with van der Waals surface area (Å²) in [7, 11) is 0. The van der Waals surface area contributed by atoms with Gasteiger partial charge in [0.15, 0.2) is 0 Å². The summed E-state index contributed by atoms with van der Waals surface area (Å²) in [5, 5.41) is 6.51. The standard InChI is InChI=1S/C17H18N2.ClH/c1-4-10-16(11-5-1)18-14-8-3-9-15-19-17-12-6-2-7-13-17;/h1-14,18-19H,15H2;1H. The summed E-state index contributed by atoms with van der Waals surface area (Å²) >= 11 is 0. The molecule has 2 rings (SSSR count). The van der Waals surface area contributed by atoms with Crippen LogP contribution in [0.5, 0.6) is 0 Å². The summed E-state index contributed by atoms with van der Waals surface area (Å²) in [5.41, 5.74) is 2.23. The van der Waals surface area contributed by atoms with Crippen LogP contribution in [-0.2, 0) is 0 Å². The highest BCUT2D eigenvalue weighted by atomic mass is 35.5. The quantitative estimate of drug-likeness (QED) is 0.752. The Labute approximate surface area is 126 Å². The van der Waals surface area contributed by atoms with Crippen LogP contribution in [0, 0.1) is 0 Å². The maximum Gasteiger partial charge on any atom is 0.0379 e. The lowest BCUT2D eigenvalue weighted by Crippen LogP contribution is -1.96. The zero-order valence-corrected chi connectivity index (χ0v) is 12.0. The number of para-hydroxylation sites is 2. The van der Waals surface area contributed by atoms with E-state index in [9.17, 15) is 0 Å². The Balaban J connectivity index is 0.00000200. The lowest BCUT2D eigenvalue weighted by Gasteiger charge is -2.01. The van der Waals surface area contributed by atoms with Crippen molar-refractivity contribution in [3.05, 3.63) is 85.1 Å². The highest BCUT2D eigenvalue weighted by Crippen LogP contribution is 2.05. The smallest absolute Gasteiger partial charge is 0.0379 e. The zero-order valence-electron chi connectivity index (χ0n) is 11.2. The number of hydrogen-bond donors (Lipinski definition) is 2. The molecular weight excluding hydrogens is 268 g/mol. The van der Waals surface area contributed by atoms with Crippen LogP contribution in [0.2, 0.25) is 0 Å². The number of benzene rings is 2. The van der Waals surface area contributed by atoms with Crippen molar-refractivity contribution < 1.29 is 0 Å². The van der Waals surface area contributed by atoms with Gasteiger partial charge >= 0.3 is 0 Å². The van der Waals surface area contributed by atoms with Crippen molar-refractivity contribution in [2.45, 2.75) is 0 Å². The van der Waals surface area contributed by atoms with Gasteiger partial charge in [0, 0.05) is 24.1 Å². The van der Waals surface area contributed by atoms with Crippen molar-refractivity contribution in [1.82, 2.24) is 0 Å². The molecule has 0 fully saturated rings. The van der Waals surface area contributed by atoms with Gasteiger partial charge in [-0.1, -0.05) is 48.6 Å². The number of anilines is 2. The van der Waals surface area contributed by atoms with Crippen LogP contribution in [0.1, 0.15) is 0 Å². The van der Waals surface area contributed by atoms with E-state index in [2.05, 4.69) is 28.8 Å². The molecule has 104 valence electrons. The topological polar surface area (TPSA) is 24.1 Å². The molecule has 2 nitrogen and oxygen atoms in total. The summed E-state index contributed by atoms with van der Waals surface area (Å²) in [6.07, 6.45) is 8.01. The third-order valence-electron chi connectivity index (χ3n) is 2.57. The van der Waals surface area contributed by atoms with Crippen LogP contribution in [-0.4, -0.2) is 6.54 Å². The second kappa shape index (κ2) is 9.70. The van der Waals surface area contributed by atoms with Gasteiger partial charge in [0.2, 0.25) is 0 Å². The molecule has 0 spiro atoms. The van der Waals surface area contributed by atoms with Gasteiger partial charge in [0.05, 0.1) is 0 Å². The van der Waals surface area contributed by atoms with Crippen molar-refractivity contribution in [1.29, 1.82) is 0 Å². The predicted octanol–water partition coefficient (Wildman–Crippen LogP) is 4.70. The number of halogens is 1. The Morgan fingerprint density at radius 3 is 2.00 bits per heavy atom. The first-order valence-electron chi connectivity index (χ1n) is 6.37. The molecule has 0 aliphatic heterocycles. The van der Waals surface area contributed by atoms with Crippen molar-refractivity contribution in [2.24, 2.45) is 0 Å². The molecule has 0 unspecified atom stereocenters. The zero-order chi connectivity index (χ0) is 13.2. The average Bonchev–Trinajstić information content (AvgIpc) is 2.48. The fraction of sp³-hybridized carbons (Fsp3) is 0.0588. The molecule has 3 heteroatoms. The molecule has 2 aromatic carbocycles. The van der Waals surface area contributed by atoms with Crippen molar-refractivity contribution in [3.8, 4) is 0 Å². The first kappa shape index (κ1) is 15.9. The summed E-state index contributed by atoms with van der Waals surface area (Å²) in [6.45, 7) is 0.819. The lowest BCUT2D eigenvalue weighted by molar-refractivity contribution is 1.33. The molecule has 0 heterocycles. The molecule has 0 aromatic heterocycles. The largest absolute Gasteiger partial charge is 0.382 e. The first-order chi connectivity index (χ1) is 9.45. The fourth-order valence-electron chi connectivity index (χ4n) is 1.61. The molecule has 0 radical (unpaired) electrons. The van der Waals surface area contributed by atoms with Crippen molar-refractivity contribution in [3.63, 3.8) is 0 Å². The van der Waals surface area contributed by atoms with E-state index in [0.29, 0.717) is 0 Å². The Morgan fingerprint density at radius 1 is 0.750 bits per heavy atom. The highest BCUT2D eigenvalue weighted by molar-refractivity contribution is 5.85.